The molecular formula is C12H10Cl2O. The van der Waals surface area contributed by atoms with Crippen LogP contribution in [0.1, 0.15) is 6.42 Å². The molecule has 0 aromatic heterocycles. The first-order valence-corrected chi connectivity index (χ1v) is 5.51. The van der Waals surface area contributed by atoms with Crippen molar-refractivity contribution in [2.24, 2.45) is 0 Å². The van der Waals surface area contributed by atoms with Crippen LogP contribution in [0.15, 0.2) is 53.3 Å². The van der Waals surface area contributed by atoms with Gasteiger partial charge in [-0.2, -0.15) is 0 Å². The molecule has 2 rings (SSSR count). The molecule has 1 aromatic carbocycles. The van der Waals surface area contributed by atoms with Crippen LogP contribution in [0.25, 0.3) is 0 Å². The van der Waals surface area contributed by atoms with Gasteiger partial charge in [0.1, 0.15) is 11.5 Å². The number of hydrogen-bond acceptors (Lipinski definition) is 1. The number of alkyl halides is 1. The van der Waals surface area contributed by atoms with Gasteiger partial charge < -0.3 is 4.74 Å². The molecule has 0 radical (unpaired) electrons. The maximum atomic E-state index is 6.01. The van der Waals surface area contributed by atoms with E-state index in [4.69, 9.17) is 27.9 Å². The van der Waals surface area contributed by atoms with Crippen LogP contribution in [-0.2, 0) is 0 Å². The van der Waals surface area contributed by atoms with Gasteiger partial charge in [0.15, 0.2) is 0 Å². The van der Waals surface area contributed by atoms with Gasteiger partial charge in [-0.15, -0.1) is 11.6 Å². The number of benzene rings is 1. The van der Waals surface area contributed by atoms with Gasteiger partial charge in [0, 0.05) is 6.42 Å². The molecule has 0 saturated heterocycles. The van der Waals surface area contributed by atoms with Crippen LogP contribution < -0.4 is 4.74 Å². The van der Waals surface area contributed by atoms with E-state index in [0.29, 0.717) is 11.5 Å². The zero-order chi connectivity index (χ0) is 10.7. The van der Waals surface area contributed by atoms with E-state index in [-0.39, 0.29) is 5.38 Å². The number of hydrogen-bond donors (Lipinski definition) is 0. The molecule has 78 valence electrons. The molecule has 0 bridgehead atoms. The van der Waals surface area contributed by atoms with E-state index in [0.717, 1.165) is 11.5 Å². The van der Waals surface area contributed by atoms with Crippen LogP contribution in [-0.4, -0.2) is 5.38 Å². The Kier molecular flexibility index (Phi) is 3.34. The summed E-state index contributed by atoms with van der Waals surface area (Å²) in [4.78, 5) is 0. The lowest BCUT2D eigenvalue weighted by molar-refractivity contribution is 0.402. The van der Waals surface area contributed by atoms with Crippen molar-refractivity contribution < 1.29 is 4.74 Å². The Labute approximate surface area is 99.0 Å². The fourth-order valence-electron chi connectivity index (χ4n) is 1.35. The molecule has 1 nitrogen and oxygen atoms in total. The second-order valence-electron chi connectivity index (χ2n) is 3.27. The van der Waals surface area contributed by atoms with Gasteiger partial charge in [-0.25, -0.2) is 0 Å². The highest BCUT2D eigenvalue weighted by Crippen LogP contribution is 2.27. The second-order valence-corrected chi connectivity index (χ2v) is 4.23. The third kappa shape index (κ3) is 2.77. The number of rotatable bonds is 2. The molecule has 0 heterocycles. The van der Waals surface area contributed by atoms with Gasteiger partial charge in [0.05, 0.1) is 10.4 Å². The minimum absolute atomic E-state index is 0.0359. The zero-order valence-corrected chi connectivity index (χ0v) is 9.50. The van der Waals surface area contributed by atoms with E-state index >= 15 is 0 Å². The molecular weight excluding hydrogens is 231 g/mol. The van der Waals surface area contributed by atoms with Crippen molar-refractivity contribution >= 4 is 23.2 Å². The molecule has 1 aliphatic rings. The van der Waals surface area contributed by atoms with Crippen LogP contribution >= 0.6 is 23.2 Å². The summed E-state index contributed by atoms with van der Waals surface area (Å²) in [7, 11) is 0. The molecule has 0 N–H and O–H groups in total. The zero-order valence-electron chi connectivity index (χ0n) is 7.99. The van der Waals surface area contributed by atoms with Crippen LogP contribution in [0.5, 0.6) is 5.75 Å². The molecule has 0 amide bonds. The summed E-state index contributed by atoms with van der Waals surface area (Å²) in [6.45, 7) is 0. The second kappa shape index (κ2) is 4.73. The molecule has 0 saturated carbocycles. The van der Waals surface area contributed by atoms with Crippen molar-refractivity contribution in [2.45, 2.75) is 11.8 Å². The van der Waals surface area contributed by atoms with Gasteiger partial charge in [0.2, 0.25) is 0 Å². The molecule has 1 unspecified atom stereocenters. The van der Waals surface area contributed by atoms with Crippen LogP contribution in [0.3, 0.4) is 0 Å². The van der Waals surface area contributed by atoms with Gasteiger partial charge in [-0.3, -0.25) is 0 Å². The fourth-order valence-corrected chi connectivity index (χ4v) is 1.75. The predicted octanol–water partition coefficient (Wildman–Crippen LogP) is 4.08. The Morgan fingerprint density at radius 2 is 1.93 bits per heavy atom. The summed E-state index contributed by atoms with van der Waals surface area (Å²) < 4.78 is 5.65. The molecule has 0 fully saturated rings. The number of para-hydroxylation sites is 1. The van der Waals surface area contributed by atoms with E-state index in [9.17, 15) is 0 Å². The van der Waals surface area contributed by atoms with Crippen molar-refractivity contribution in [2.75, 3.05) is 0 Å². The Bertz CT molecular complexity index is 395. The number of allylic oxidation sites excluding steroid dienone is 4. The largest absolute Gasteiger partial charge is 0.460 e. The van der Waals surface area contributed by atoms with Gasteiger partial charge in [-0.1, -0.05) is 35.9 Å². The lowest BCUT2D eigenvalue weighted by atomic mass is 10.1. The van der Waals surface area contributed by atoms with E-state index < -0.39 is 0 Å². The van der Waals surface area contributed by atoms with Crippen molar-refractivity contribution in [3.05, 3.63) is 53.3 Å². The van der Waals surface area contributed by atoms with Gasteiger partial charge >= 0.3 is 0 Å². The van der Waals surface area contributed by atoms with E-state index in [1.807, 2.05) is 36.4 Å². The average Bonchev–Trinajstić information content (AvgIpc) is 2.25. The van der Waals surface area contributed by atoms with E-state index in [1.165, 1.54) is 0 Å². The first-order valence-electron chi connectivity index (χ1n) is 4.69. The monoisotopic (exact) mass is 240 g/mol. The summed E-state index contributed by atoms with van der Waals surface area (Å²) in [5.74, 6) is 1.51. The maximum absolute atomic E-state index is 6.01. The summed E-state index contributed by atoms with van der Waals surface area (Å²) in [5.41, 5.74) is 0. The Morgan fingerprint density at radius 3 is 2.67 bits per heavy atom. The SMILES string of the molecule is ClC1=C(Oc2ccccc2)CC(Cl)C=C1. The first-order chi connectivity index (χ1) is 7.25. The fraction of sp³-hybridized carbons (Fsp3) is 0.167. The summed E-state index contributed by atoms with van der Waals surface area (Å²) in [6, 6.07) is 9.55. The summed E-state index contributed by atoms with van der Waals surface area (Å²) >= 11 is 12.0. The van der Waals surface area contributed by atoms with Crippen molar-refractivity contribution in [3.8, 4) is 5.75 Å². The predicted molar refractivity (Wildman–Crippen MR) is 63.3 cm³/mol. The van der Waals surface area contributed by atoms with Crippen LogP contribution in [0.2, 0.25) is 0 Å². The molecule has 0 aliphatic heterocycles. The van der Waals surface area contributed by atoms with Crippen LogP contribution in [0.4, 0.5) is 0 Å². The topological polar surface area (TPSA) is 9.23 Å². The Morgan fingerprint density at radius 1 is 1.20 bits per heavy atom. The maximum Gasteiger partial charge on any atom is 0.127 e. The van der Waals surface area contributed by atoms with Crippen LogP contribution in [0, 0.1) is 0 Å². The smallest absolute Gasteiger partial charge is 0.127 e. The number of ether oxygens (including phenoxy) is 1. The highest BCUT2D eigenvalue weighted by atomic mass is 35.5. The summed E-state index contributed by atoms with van der Waals surface area (Å²) in [5, 5.41) is 0.585. The Hall–Kier alpha value is -0.920. The highest BCUT2D eigenvalue weighted by molar-refractivity contribution is 6.32. The van der Waals surface area contributed by atoms with Crippen molar-refractivity contribution in [1.82, 2.24) is 0 Å². The molecule has 1 aromatic rings. The van der Waals surface area contributed by atoms with Gasteiger partial charge in [0.25, 0.3) is 0 Å². The van der Waals surface area contributed by atoms with Crippen molar-refractivity contribution in [1.29, 1.82) is 0 Å². The lowest BCUT2D eigenvalue weighted by Crippen LogP contribution is -2.07. The quantitative estimate of drug-likeness (QED) is 0.709. The lowest BCUT2D eigenvalue weighted by Gasteiger charge is -2.16. The van der Waals surface area contributed by atoms with Crippen molar-refractivity contribution in [3.63, 3.8) is 0 Å². The first kappa shape index (κ1) is 10.6. The normalized spacial score (nSPS) is 20.5. The summed E-state index contributed by atoms with van der Waals surface area (Å²) in [6.07, 6.45) is 4.27. The minimum atomic E-state index is -0.0359. The third-order valence-corrected chi connectivity index (χ3v) is 2.72. The molecule has 0 spiro atoms. The highest BCUT2D eigenvalue weighted by Gasteiger charge is 2.15. The standard InChI is InChI=1S/C12H10Cl2O/c13-9-6-7-11(14)12(8-9)15-10-4-2-1-3-5-10/h1-7,9H,8H2. The minimum Gasteiger partial charge on any atom is -0.460 e. The average molecular weight is 241 g/mol. The van der Waals surface area contributed by atoms with E-state index in [1.54, 1.807) is 6.08 Å². The third-order valence-electron chi connectivity index (χ3n) is 2.08. The molecule has 1 aliphatic carbocycles. The Balaban J connectivity index is 2.15. The number of halogens is 2. The molecule has 15 heavy (non-hydrogen) atoms. The van der Waals surface area contributed by atoms with E-state index in [2.05, 4.69) is 0 Å². The molecule has 1 atom stereocenters. The van der Waals surface area contributed by atoms with Gasteiger partial charge in [-0.05, 0) is 18.2 Å². The molecule has 3 heteroatoms.